The van der Waals surface area contributed by atoms with Crippen LogP contribution < -0.4 is 0 Å². The zero-order chi connectivity index (χ0) is 16.4. The molecule has 0 spiro atoms. The predicted octanol–water partition coefficient (Wildman–Crippen LogP) is 3.53. The Hall–Kier alpha value is -1.24. The first-order chi connectivity index (χ1) is 11.8. The summed E-state index contributed by atoms with van der Waals surface area (Å²) in [6.45, 7) is 1.41. The van der Waals surface area contributed by atoms with E-state index in [-0.39, 0.29) is 11.5 Å². The van der Waals surface area contributed by atoms with Crippen molar-refractivity contribution in [2.45, 2.75) is 63.0 Å². The molecule has 0 N–H and O–H groups in total. The summed E-state index contributed by atoms with van der Waals surface area (Å²) in [7, 11) is 1.67. The highest BCUT2D eigenvalue weighted by atomic mass is 32.1. The lowest BCUT2D eigenvalue weighted by Crippen LogP contribution is -2.48. The Morgan fingerprint density at radius 1 is 1.25 bits per heavy atom. The lowest BCUT2D eigenvalue weighted by molar-refractivity contribution is -0.116. The topological polar surface area (TPSA) is 49.2 Å². The normalized spacial score (nSPS) is 27.1. The van der Waals surface area contributed by atoms with Crippen molar-refractivity contribution < 1.29 is 9.47 Å². The summed E-state index contributed by atoms with van der Waals surface area (Å²) in [6, 6.07) is 4.37. The average Bonchev–Trinajstić information content (AvgIpc) is 3.17. The Bertz CT molecular complexity index is 662. The Balaban J connectivity index is 1.66. The molecule has 0 aromatic carbocycles. The number of rotatable bonds is 5. The Kier molecular flexibility index (Phi) is 4.70. The van der Waals surface area contributed by atoms with Crippen LogP contribution in [0.3, 0.4) is 0 Å². The van der Waals surface area contributed by atoms with E-state index in [1.54, 1.807) is 7.11 Å². The SMILES string of the molecule is COCOC1CC(c2cccs2)(c2nnc3n2CCCCCC3)C1. The molecule has 6 heteroatoms. The van der Waals surface area contributed by atoms with Crippen molar-refractivity contribution in [1.29, 1.82) is 0 Å². The van der Waals surface area contributed by atoms with Gasteiger partial charge in [-0.2, -0.15) is 0 Å². The molecule has 1 fully saturated rings. The average molecular weight is 347 g/mol. The van der Waals surface area contributed by atoms with E-state index in [1.807, 2.05) is 11.3 Å². The number of aryl methyl sites for hydroxylation is 1. The van der Waals surface area contributed by atoms with Gasteiger partial charge in [0, 0.05) is 25.0 Å². The van der Waals surface area contributed by atoms with E-state index in [4.69, 9.17) is 9.47 Å². The van der Waals surface area contributed by atoms with E-state index in [2.05, 4.69) is 32.3 Å². The standard InChI is InChI=1S/C18H25N3O2S/c1-22-13-23-14-11-18(12-14,15-7-6-10-24-15)17-20-19-16-8-4-2-3-5-9-21(16)17/h6-7,10,14H,2-5,8-9,11-13H2,1H3. The van der Waals surface area contributed by atoms with Crippen LogP contribution in [0.4, 0.5) is 0 Å². The molecular weight excluding hydrogens is 322 g/mol. The van der Waals surface area contributed by atoms with Gasteiger partial charge in [-0.1, -0.05) is 18.9 Å². The van der Waals surface area contributed by atoms with Crippen LogP contribution in [-0.4, -0.2) is 34.8 Å². The van der Waals surface area contributed by atoms with Crippen LogP contribution in [0.5, 0.6) is 0 Å². The van der Waals surface area contributed by atoms with Crippen LogP contribution in [0.25, 0.3) is 0 Å². The van der Waals surface area contributed by atoms with Crippen molar-refractivity contribution in [3.63, 3.8) is 0 Å². The number of aromatic nitrogens is 3. The van der Waals surface area contributed by atoms with Gasteiger partial charge >= 0.3 is 0 Å². The fraction of sp³-hybridized carbons (Fsp3) is 0.667. The van der Waals surface area contributed by atoms with Crippen molar-refractivity contribution in [1.82, 2.24) is 14.8 Å². The van der Waals surface area contributed by atoms with Crippen molar-refractivity contribution in [3.05, 3.63) is 34.0 Å². The van der Waals surface area contributed by atoms with Crippen LogP contribution in [0.2, 0.25) is 0 Å². The first-order valence-corrected chi connectivity index (χ1v) is 9.78. The molecule has 1 aliphatic heterocycles. The van der Waals surface area contributed by atoms with Gasteiger partial charge in [-0.05, 0) is 37.1 Å². The predicted molar refractivity (Wildman–Crippen MR) is 93.3 cm³/mol. The first kappa shape index (κ1) is 16.2. The summed E-state index contributed by atoms with van der Waals surface area (Å²) in [4.78, 5) is 1.39. The largest absolute Gasteiger partial charge is 0.359 e. The quantitative estimate of drug-likeness (QED) is 0.777. The first-order valence-electron chi connectivity index (χ1n) is 8.90. The molecule has 0 amide bonds. The summed E-state index contributed by atoms with van der Waals surface area (Å²) in [5, 5.41) is 11.4. The molecule has 1 saturated carbocycles. The van der Waals surface area contributed by atoms with E-state index in [1.165, 1.54) is 36.4 Å². The van der Waals surface area contributed by atoms with Crippen LogP contribution in [0.15, 0.2) is 17.5 Å². The Morgan fingerprint density at radius 2 is 2.12 bits per heavy atom. The third kappa shape index (κ3) is 2.80. The fourth-order valence-electron chi connectivity index (χ4n) is 4.06. The summed E-state index contributed by atoms with van der Waals surface area (Å²) in [6.07, 6.45) is 8.30. The smallest absolute Gasteiger partial charge is 0.146 e. The summed E-state index contributed by atoms with van der Waals surface area (Å²) < 4.78 is 13.3. The lowest BCUT2D eigenvalue weighted by Gasteiger charge is -2.46. The molecule has 0 saturated heterocycles. The van der Waals surface area contributed by atoms with E-state index in [0.717, 1.165) is 31.6 Å². The summed E-state index contributed by atoms with van der Waals surface area (Å²) >= 11 is 1.82. The molecule has 130 valence electrons. The molecule has 0 atom stereocenters. The maximum atomic E-state index is 5.79. The van der Waals surface area contributed by atoms with Crippen molar-refractivity contribution in [3.8, 4) is 0 Å². The second-order valence-electron chi connectivity index (χ2n) is 6.92. The maximum Gasteiger partial charge on any atom is 0.146 e. The molecule has 24 heavy (non-hydrogen) atoms. The molecule has 0 unspecified atom stereocenters. The van der Waals surface area contributed by atoms with Gasteiger partial charge in [0.2, 0.25) is 0 Å². The number of methoxy groups -OCH3 is 1. The molecule has 4 rings (SSSR count). The maximum absolute atomic E-state index is 5.79. The molecule has 0 bridgehead atoms. The Morgan fingerprint density at radius 3 is 2.92 bits per heavy atom. The van der Waals surface area contributed by atoms with E-state index >= 15 is 0 Å². The van der Waals surface area contributed by atoms with Gasteiger partial charge in [-0.15, -0.1) is 21.5 Å². The monoisotopic (exact) mass is 347 g/mol. The number of nitrogens with zero attached hydrogens (tertiary/aromatic N) is 3. The van der Waals surface area contributed by atoms with Gasteiger partial charge in [0.25, 0.3) is 0 Å². The zero-order valence-corrected chi connectivity index (χ0v) is 15.1. The third-order valence-electron chi connectivity index (χ3n) is 5.35. The van der Waals surface area contributed by atoms with E-state index in [9.17, 15) is 0 Å². The van der Waals surface area contributed by atoms with Crippen LogP contribution in [0.1, 0.15) is 55.1 Å². The summed E-state index contributed by atoms with van der Waals surface area (Å²) in [5.41, 5.74) is -0.0307. The highest BCUT2D eigenvalue weighted by molar-refractivity contribution is 7.10. The van der Waals surface area contributed by atoms with Crippen molar-refractivity contribution in [2.24, 2.45) is 0 Å². The zero-order valence-electron chi connectivity index (χ0n) is 14.2. The van der Waals surface area contributed by atoms with Gasteiger partial charge in [0.1, 0.15) is 18.4 Å². The van der Waals surface area contributed by atoms with Crippen molar-refractivity contribution in [2.75, 3.05) is 13.9 Å². The highest BCUT2D eigenvalue weighted by Crippen LogP contribution is 2.51. The third-order valence-corrected chi connectivity index (χ3v) is 6.43. The minimum Gasteiger partial charge on any atom is -0.359 e. The van der Waals surface area contributed by atoms with Gasteiger partial charge in [-0.25, -0.2) is 0 Å². The number of hydrogen-bond acceptors (Lipinski definition) is 5. The molecule has 1 aliphatic carbocycles. The molecule has 2 aromatic heterocycles. The van der Waals surface area contributed by atoms with Crippen LogP contribution in [-0.2, 0) is 27.9 Å². The van der Waals surface area contributed by atoms with E-state index < -0.39 is 0 Å². The molecule has 2 aromatic rings. The van der Waals surface area contributed by atoms with Gasteiger partial charge < -0.3 is 14.0 Å². The minimum absolute atomic E-state index is 0.0307. The van der Waals surface area contributed by atoms with Crippen LogP contribution in [0, 0.1) is 0 Å². The second-order valence-corrected chi connectivity index (χ2v) is 7.87. The van der Waals surface area contributed by atoms with Gasteiger partial charge in [-0.3, -0.25) is 0 Å². The molecule has 5 nitrogen and oxygen atoms in total. The minimum atomic E-state index is -0.0307. The van der Waals surface area contributed by atoms with Gasteiger partial charge in [0.05, 0.1) is 11.5 Å². The van der Waals surface area contributed by atoms with E-state index in [0.29, 0.717) is 6.79 Å². The lowest BCUT2D eigenvalue weighted by atomic mass is 9.65. The number of thiophene rings is 1. The van der Waals surface area contributed by atoms with Gasteiger partial charge in [0.15, 0.2) is 0 Å². The molecule has 2 aliphatic rings. The molecular formula is C18H25N3O2S. The molecule has 0 radical (unpaired) electrons. The van der Waals surface area contributed by atoms with Crippen molar-refractivity contribution >= 4 is 11.3 Å². The van der Waals surface area contributed by atoms with Crippen LogP contribution >= 0.6 is 11.3 Å². The summed E-state index contributed by atoms with van der Waals surface area (Å²) in [5.74, 6) is 2.32. The molecule has 3 heterocycles. The fourth-order valence-corrected chi connectivity index (χ4v) is 5.00. The number of ether oxygens (including phenoxy) is 2. The second kappa shape index (κ2) is 6.94. The highest BCUT2D eigenvalue weighted by Gasteiger charge is 2.51. The Labute approximate surface area is 147 Å². The number of fused-ring (bicyclic) bond motifs is 1. The number of hydrogen-bond donors (Lipinski definition) is 0.